The van der Waals surface area contributed by atoms with Gasteiger partial charge in [-0.15, -0.1) is 11.3 Å². The molecule has 1 fully saturated rings. The zero-order valence-corrected chi connectivity index (χ0v) is 14.7. The van der Waals surface area contributed by atoms with Gasteiger partial charge in [-0.3, -0.25) is 9.59 Å². The smallest absolute Gasteiger partial charge is 0.308 e. The van der Waals surface area contributed by atoms with Crippen LogP contribution in [0.2, 0.25) is 0 Å². The molecule has 1 aliphatic rings. The van der Waals surface area contributed by atoms with Gasteiger partial charge in [-0.05, 0) is 38.5 Å². The highest BCUT2D eigenvalue weighted by Crippen LogP contribution is 2.33. The Balaban J connectivity index is 1.84. The van der Waals surface area contributed by atoms with Crippen LogP contribution in [0.3, 0.4) is 0 Å². The van der Waals surface area contributed by atoms with Crippen LogP contribution in [-0.4, -0.2) is 22.0 Å². The molecular weight excluding hydrogens is 312 g/mol. The molecule has 1 aromatic heterocycles. The summed E-state index contributed by atoms with van der Waals surface area (Å²) in [6.07, 6.45) is 7.95. The number of amides is 1. The summed E-state index contributed by atoms with van der Waals surface area (Å²) in [7, 11) is 0. The van der Waals surface area contributed by atoms with E-state index in [4.69, 9.17) is 5.11 Å². The van der Waals surface area contributed by atoms with E-state index in [1.165, 1.54) is 30.6 Å². The molecule has 0 saturated heterocycles. The number of aliphatic carboxylic acids is 1. The molecule has 6 heteroatoms. The number of nitrogens with zero attached hydrogens (tertiary/aromatic N) is 1. The first-order chi connectivity index (χ1) is 11.0. The molecule has 1 amide bonds. The van der Waals surface area contributed by atoms with Crippen molar-refractivity contribution in [2.24, 2.45) is 11.8 Å². The normalized spacial score (nSPS) is 21.1. The minimum atomic E-state index is -0.875. The van der Waals surface area contributed by atoms with Crippen molar-refractivity contribution in [1.29, 1.82) is 0 Å². The molecule has 128 valence electrons. The monoisotopic (exact) mass is 338 g/mol. The van der Waals surface area contributed by atoms with Crippen molar-refractivity contribution in [2.45, 2.75) is 65.2 Å². The van der Waals surface area contributed by atoms with Crippen LogP contribution >= 0.6 is 11.3 Å². The van der Waals surface area contributed by atoms with E-state index in [9.17, 15) is 9.59 Å². The van der Waals surface area contributed by atoms with E-state index >= 15 is 0 Å². The number of carboxylic acids is 1. The van der Waals surface area contributed by atoms with E-state index in [1.807, 2.05) is 0 Å². The van der Waals surface area contributed by atoms with Gasteiger partial charge in [0.15, 0.2) is 5.13 Å². The second kappa shape index (κ2) is 8.43. The molecule has 0 aromatic carbocycles. The third-order valence-corrected chi connectivity index (χ3v) is 5.69. The highest BCUT2D eigenvalue weighted by molar-refractivity contribution is 7.16. The number of unbranched alkanes of at least 4 members (excludes halogenated alkanes) is 1. The Hall–Kier alpha value is -1.43. The van der Waals surface area contributed by atoms with Gasteiger partial charge in [-0.1, -0.05) is 26.2 Å². The van der Waals surface area contributed by atoms with Crippen LogP contribution < -0.4 is 5.32 Å². The Kier molecular flexibility index (Phi) is 6.57. The fourth-order valence-electron chi connectivity index (χ4n) is 3.20. The molecule has 23 heavy (non-hydrogen) atoms. The van der Waals surface area contributed by atoms with Crippen molar-refractivity contribution in [3.63, 3.8) is 0 Å². The predicted molar refractivity (Wildman–Crippen MR) is 91.8 cm³/mol. The summed E-state index contributed by atoms with van der Waals surface area (Å²) >= 11 is 1.27. The van der Waals surface area contributed by atoms with Crippen LogP contribution in [0, 0.1) is 18.8 Å². The van der Waals surface area contributed by atoms with Crippen molar-refractivity contribution >= 4 is 28.3 Å². The Morgan fingerprint density at radius 2 is 2.00 bits per heavy atom. The lowest BCUT2D eigenvalue weighted by Crippen LogP contribution is -2.27. The minimum absolute atomic E-state index is 0.0366. The van der Waals surface area contributed by atoms with Gasteiger partial charge in [0.05, 0.1) is 12.1 Å². The molecule has 0 spiro atoms. The molecule has 0 aliphatic heterocycles. The molecule has 1 aliphatic carbocycles. The van der Waals surface area contributed by atoms with Crippen LogP contribution in [0.15, 0.2) is 0 Å². The Labute approximate surface area is 141 Å². The van der Waals surface area contributed by atoms with E-state index in [1.54, 1.807) is 6.92 Å². The summed E-state index contributed by atoms with van der Waals surface area (Å²) in [5, 5.41) is 12.3. The third kappa shape index (κ3) is 5.30. The fraction of sp³-hybridized carbons (Fsp3) is 0.706. The fourth-order valence-corrected chi connectivity index (χ4v) is 4.15. The van der Waals surface area contributed by atoms with Gasteiger partial charge in [0, 0.05) is 10.8 Å². The maximum atomic E-state index is 12.4. The first kappa shape index (κ1) is 17.9. The van der Waals surface area contributed by atoms with Crippen molar-refractivity contribution < 1.29 is 14.7 Å². The largest absolute Gasteiger partial charge is 0.481 e. The molecule has 1 saturated carbocycles. The second-order valence-electron chi connectivity index (χ2n) is 6.45. The lowest BCUT2D eigenvalue weighted by atomic mass is 9.79. The number of hydrogen-bond donors (Lipinski definition) is 2. The zero-order chi connectivity index (χ0) is 16.8. The van der Waals surface area contributed by atoms with Crippen LogP contribution in [0.1, 0.15) is 62.4 Å². The lowest BCUT2D eigenvalue weighted by Gasteiger charge is -2.27. The number of aryl methyl sites for hydroxylation is 1. The second-order valence-corrected chi connectivity index (χ2v) is 7.53. The van der Waals surface area contributed by atoms with Gasteiger partial charge < -0.3 is 10.4 Å². The molecule has 0 radical (unpaired) electrons. The van der Waals surface area contributed by atoms with Gasteiger partial charge in [-0.25, -0.2) is 4.98 Å². The number of anilines is 1. The summed E-state index contributed by atoms with van der Waals surface area (Å²) < 4.78 is 0. The lowest BCUT2D eigenvalue weighted by molar-refractivity contribution is -0.136. The summed E-state index contributed by atoms with van der Waals surface area (Å²) in [4.78, 5) is 28.1. The Bertz CT molecular complexity index is 548. The molecule has 2 N–H and O–H groups in total. The van der Waals surface area contributed by atoms with E-state index in [-0.39, 0.29) is 18.2 Å². The van der Waals surface area contributed by atoms with E-state index in [2.05, 4.69) is 17.2 Å². The number of rotatable bonds is 7. The van der Waals surface area contributed by atoms with E-state index in [0.717, 1.165) is 31.6 Å². The number of aromatic nitrogens is 1. The van der Waals surface area contributed by atoms with Crippen LogP contribution in [-0.2, 0) is 16.0 Å². The van der Waals surface area contributed by atoms with Crippen LogP contribution in [0.5, 0.6) is 0 Å². The highest BCUT2D eigenvalue weighted by atomic mass is 32.1. The quantitative estimate of drug-likeness (QED) is 0.787. The van der Waals surface area contributed by atoms with Crippen molar-refractivity contribution in [3.8, 4) is 0 Å². The first-order valence-electron chi connectivity index (χ1n) is 8.48. The topological polar surface area (TPSA) is 79.3 Å². The van der Waals surface area contributed by atoms with Gasteiger partial charge in [0.1, 0.15) is 0 Å². The molecule has 1 heterocycles. The molecule has 1 aromatic rings. The average molecular weight is 338 g/mol. The average Bonchev–Trinajstić information content (AvgIpc) is 2.84. The molecule has 0 bridgehead atoms. The van der Waals surface area contributed by atoms with Crippen molar-refractivity contribution in [3.05, 3.63) is 10.6 Å². The van der Waals surface area contributed by atoms with Crippen LogP contribution in [0.4, 0.5) is 5.13 Å². The molecule has 2 rings (SSSR count). The van der Waals surface area contributed by atoms with E-state index in [0.29, 0.717) is 15.7 Å². The predicted octanol–water partition coefficient (Wildman–Crippen LogP) is 4.01. The highest BCUT2D eigenvalue weighted by Gasteiger charge is 2.26. The summed E-state index contributed by atoms with van der Waals surface area (Å²) in [5.41, 5.74) is 0.691. The first-order valence-corrected chi connectivity index (χ1v) is 9.30. The number of hydrogen-bond acceptors (Lipinski definition) is 4. The SMILES string of the molecule is CCCCC1CCC(C(=O)Nc2nc(C)c(CC(=O)O)s2)CC1. The summed E-state index contributed by atoms with van der Waals surface area (Å²) in [6.45, 7) is 4.00. The third-order valence-electron chi connectivity index (χ3n) is 4.62. The van der Waals surface area contributed by atoms with Crippen molar-refractivity contribution in [1.82, 2.24) is 4.98 Å². The minimum Gasteiger partial charge on any atom is -0.481 e. The molecule has 0 unspecified atom stereocenters. The van der Waals surface area contributed by atoms with Gasteiger partial charge in [0.2, 0.25) is 5.91 Å². The molecule has 0 atom stereocenters. The van der Waals surface area contributed by atoms with Gasteiger partial charge >= 0.3 is 5.97 Å². The van der Waals surface area contributed by atoms with E-state index < -0.39 is 5.97 Å². The Morgan fingerprint density at radius 1 is 1.30 bits per heavy atom. The summed E-state index contributed by atoms with van der Waals surface area (Å²) in [6, 6.07) is 0. The zero-order valence-electron chi connectivity index (χ0n) is 13.9. The number of carboxylic acid groups (broad SMARTS) is 1. The Morgan fingerprint density at radius 3 is 2.61 bits per heavy atom. The molecular formula is C17H26N2O3S. The number of carbonyl (C=O) groups excluding carboxylic acids is 1. The summed E-state index contributed by atoms with van der Waals surface area (Å²) in [5.74, 6) is 0.0119. The maximum absolute atomic E-state index is 12.4. The number of nitrogens with one attached hydrogen (secondary N) is 1. The van der Waals surface area contributed by atoms with Crippen LogP contribution in [0.25, 0.3) is 0 Å². The number of thiazole rings is 1. The number of carbonyl (C=O) groups is 2. The van der Waals surface area contributed by atoms with Crippen molar-refractivity contribution in [2.75, 3.05) is 5.32 Å². The molecule has 5 nitrogen and oxygen atoms in total. The maximum Gasteiger partial charge on any atom is 0.308 e. The van der Waals surface area contributed by atoms with Gasteiger partial charge in [-0.2, -0.15) is 0 Å². The van der Waals surface area contributed by atoms with Gasteiger partial charge in [0.25, 0.3) is 0 Å². The standard InChI is InChI=1S/C17H26N2O3S/c1-3-4-5-12-6-8-13(9-7-12)16(22)19-17-18-11(2)14(23-17)10-15(20)21/h12-13H,3-10H2,1-2H3,(H,20,21)(H,18,19,22).